The number of aryl methyl sites for hydroxylation is 1. The number of benzene rings is 1. The molecule has 2 rings (SSSR count). The number of rotatable bonds is 4. The van der Waals surface area contributed by atoms with Crippen molar-refractivity contribution in [1.29, 1.82) is 0 Å². The van der Waals surface area contributed by atoms with E-state index in [-0.39, 0.29) is 5.92 Å². The van der Waals surface area contributed by atoms with Crippen LogP contribution in [0.5, 0.6) is 0 Å². The van der Waals surface area contributed by atoms with E-state index in [4.69, 9.17) is 5.11 Å². The Bertz CT molecular complexity index is 383. The molecule has 1 aliphatic rings. The summed E-state index contributed by atoms with van der Waals surface area (Å²) in [7, 11) is 0. The first kappa shape index (κ1) is 11.1. The van der Waals surface area contributed by atoms with Crippen LogP contribution >= 0.6 is 0 Å². The normalized spacial score (nSPS) is 17.1. The fraction of sp³-hybridized carbons (Fsp3) is 0.462. The van der Waals surface area contributed by atoms with Gasteiger partial charge in [0, 0.05) is 19.6 Å². The van der Waals surface area contributed by atoms with Gasteiger partial charge in [-0.15, -0.1) is 0 Å². The minimum Gasteiger partial charge on any atom is -0.481 e. The molecule has 0 spiro atoms. The van der Waals surface area contributed by atoms with Gasteiger partial charge in [-0.05, 0) is 17.5 Å². The molecule has 1 fully saturated rings. The van der Waals surface area contributed by atoms with Crippen molar-refractivity contribution < 1.29 is 9.90 Å². The van der Waals surface area contributed by atoms with E-state index in [0.717, 1.165) is 13.0 Å². The van der Waals surface area contributed by atoms with E-state index >= 15 is 0 Å². The minimum atomic E-state index is -0.667. The zero-order chi connectivity index (χ0) is 11.5. The van der Waals surface area contributed by atoms with Crippen molar-refractivity contribution in [3.05, 3.63) is 35.4 Å². The highest BCUT2D eigenvalue weighted by molar-refractivity contribution is 5.71. The van der Waals surface area contributed by atoms with Crippen LogP contribution in [0.1, 0.15) is 18.1 Å². The zero-order valence-corrected chi connectivity index (χ0v) is 9.52. The maximum Gasteiger partial charge on any atom is 0.309 e. The predicted octanol–water partition coefficient (Wildman–Crippen LogP) is 1.77. The van der Waals surface area contributed by atoms with Crippen LogP contribution in [-0.4, -0.2) is 29.1 Å². The van der Waals surface area contributed by atoms with Crippen LogP contribution in [0, 0.1) is 5.92 Å². The number of hydrogen-bond acceptors (Lipinski definition) is 2. The quantitative estimate of drug-likeness (QED) is 0.839. The standard InChI is InChI=1S/C13H17NO2/c1-2-10-5-3-4-6-11(10)7-14-8-12(9-14)13(15)16/h3-6,12H,2,7-9H2,1H3,(H,15,16). The molecule has 1 saturated heterocycles. The molecule has 0 amide bonds. The highest BCUT2D eigenvalue weighted by Crippen LogP contribution is 2.20. The highest BCUT2D eigenvalue weighted by Gasteiger charge is 2.32. The molecule has 1 aromatic carbocycles. The van der Waals surface area contributed by atoms with E-state index < -0.39 is 5.97 Å². The van der Waals surface area contributed by atoms with E-state index in [0.29, 0.717) is 13.1 Å². The number of likely N-dealkylation sites (tertiary alicyclic amines) is 1. The van der Waals surface area contributed by atoms with Crippen molar-refractivity contribution in [2.75, 3.05) is 13.1 Å². The van der Waals surface area contributed by atoms with Gasteiger partial charge >= 0.3 is 5.97 Å². The second kappa shape index (κ2) is 4.66. The summed E-state index contributed by atoms with van der Waals surface area (Å²) in [6.07, 6.45) is 1.03. The summed E-state index contributed by atoms with van der Waals surface area (Å²) in [5.41, 5.74) is 2.69. The molecule has 0 unspecified atom stereocenters. The van der Waals surface area contributed by atoms with E-state index in [1.165, 1.54) is 11.1 Å². The van der Waals surface area contributed by atoms with Gasteiger partial charge in [0.05, 0.1) is 5.92 Å². The molecular formula is C13H17NO2. The van der Waals surface area contributed by atoms with Crippen molar-refractivity contribution in [3.63, 3.8) is 0 Å². The molecule has 86 valence electrons. The van der Waals surface area contributed by atoms with Crippen LogP contribution in [0.2, 0.25) is 0 Å². The van der Waals surface area contributed by atoms with E-state index in [9.17, 15) is 4.79 Å². The number of nitrogens with zero attached hydrogens (tertiary/aromatic N) is 1. The summed E-state index contributed by atoms with van der Waals surface area (Å²) in [5.74, 6) is -0.825. The Labute approximate surface area is 95.7 Å². The van der Waals surface area contributed by atoms with Gasteiger partial charge in [0.25, 0.3) is 0 Å². The summed E-state index contributed by atoms with van der Waals surface area (Å²) in [6.45, 7) is 4.41. The lowest BCUT2D eigenvalue weighted by molar-refractivity contribution is -0.147. The second-order valence-corrected chi connectivity index (χ2v) is 4.35. The van der Waals surface area contributed by atoms with Gasteiger partial charge in [0.1, 0.15) is 0 Å². The first-order valence-electron chi connectivity index (χ1n) is 5.72. The Balaban J connectivity index is 1.93. The Hall–Kier alpha value is -1.35. The van der Waals surface area contributed by atoms with Crippen LogP contribution in [-0.2, 0) is 17.8 Å². The monoisotopic (exact) mass is 219 g/mol. The molecule has 0 atom stereocenters. The number of carboxylic acid groups (broad SMARTS) is 1. The average Bonchev–Trinajstić information content (AvgIpc) is 2.22. The maximum absolute atomic E-state index is 10.7. The summed E-state index contributed by atoms with van der Waals surface area (Å²) < 4.78 is 0. The molecule has 0 bridgehead atoms. The maximum atomic E-state index is 10.7. The first-order valence-corrected chi connectivity index (χ1v) is 5.72. The number of carbonyl (C=O) groups is 1. The molecule has 3 nitrogen and oxygen atoms in total. The van der Waals surface area contributed by atoms with Crippen molar-refractivity contribution in [2.45, 2.75) is 19.9 Å². The third-order valence-electron chi connectivity index (χ3n) is 3.20. The summed E-state index contributed by atoms with van der Waals surface area (Å²) in [5, 5.41) is 8.79. The highest BCUT2D eigenvalue weighted by atomic mass is 16.4. The lowest BCUT2D eigenvalue weighted by atomic mass is 9.98. The molecule has 0 aromatic heterocycles. The Morgan fingerprint density at radius 2 is 2.00 bits per heavy atom. The van der Waals surface area contributed by atoms with Gasteiger partial charge in [-0.1, -0.05) is 31.2 Å². The molecule has 1 aromatic rings. The third kappa shape index (κ3) is 2.25. The Morgan fingerprint density at radius 3 is 2.56 bits per heavy atom. The topological polar surface area (TPSA) is 40.5 Å². The van der Waals surface area contributed by atoms with Crippen LogP contribution in [0.4, 0.5) is 0 Å². The smallest absolute Gasteiger partial charge is 0.309 e. The fourth-order valence-electron chi connectivity index (χ4n) is 2.15. The van der Waals surface area contributed by atoms with Gasteiger partial charge in [0.2, 0.25) is 0 Å². The van der Waals surface area contributed by atoms with Crippen LogP contribution < -0.4 is 0 Å². The van der Waals surface area contributed by atoms with Crippen molar-refractivity contribution >= 4 is 5.97 Å². The largest absolute Gasteiger partial charge is 0.481 e. The van der Waals surface area contributed by atoms with Gasteiger partial charge < -0.3 is 5.11 Å². The molecular weight excluding hydrogens is 202 g/mol. The predicted molar refractivity (Wildman–Crippen MR) is 62.2 cm³/mol. The molecule has 1 N–H and O–H groups in total. The third-order valence-corrected chi connectivity index (χ3v) is 3.20. The lowest BCUT2D eigenvalue weighted by Gasteiger charge is -2.37. The molecule has 1 heterocycles. The van der Waals surface area contributed by atoms with Crippen molar-refractivity contribution in [2.24, 2.45) is 5.92 Å². The first-order chi connectivity index (χ1) is 7.70. The molecule has 0 aliphatic carbocycles. The van der Waals surface area contributed by atoms with E-state index in [1.807, 2.05) is 6.07 Å². The van der Waals surface area contributed by atoms with Gasteiger partial charge in [-0.3, -0.25) is 9.69 Å². The minimum absolute atomic E-state index is 0.159. The summed E-state index contributed by atoms with van der Waals surface area (Å²) in [6, 6.07) is 8.37. The number of carboxylic acids is 1. The lowest BCUT2D eigenvalue weighted by Crippen LogP contribution is -2.49. The van der Waals surface area contributed by atoms with Crippen molar-refractivity contribution in [1.82, 2.24) is 4.90 Å². The Morgan fingerprint density at radius 1 is 1.38 bits per heavy atom. The SMILES string of the molecule is CCc1ccccc1CN1CC(C(=O)O)C1. The summed E-state index contributed by atoms with van der Waals surface area (Å²) in [4.78, 5) is 12.9. The Kier molecular flexibility index (Phi) is 3.25. The van der Waals surface area contributed by atoms with Gasteiger partial charge in [-0.2, -0.15) is 0 Å². The van der Waals surface area contributed by atoms with E-state index in [2.05, 4.69) is 30.0 Å². The van der Waals surface area contributed by atoms with E-state index in [1.54, 1.807) is 0 Å². The molecule has 16 heavy (non-hydrogen) atoms. The van der Waals surface area contributed by atoms with Gasteiger partial charge in [0.15, 0.2) is 0 Å². The molecule has 0 saturated carbocycles. The van der Waals surface area contributed by atoms with Crippen molar-refractivity contribution in [3.8, 4) is 0 Å². The van der Waals surface area contributed by atoms with Crippen LogP contribution in [0.15, 0.2) is 24.3 Å². The van der Waals surface area contributed by atoms with Crippen LogP contribution in [0.25, 0.3) is 0 Å². The molecule has 0 radical (unpaired) electrons. The number of hydrogen-bond donors (Lipinski definition) is 1. The molecule has 3 heteroatoms. The fourth-order valence-corrected chi connectivity index (χ4v) is 2.15. The van der Waals surface area contributed by atoms with Crippen LogP contribution in [0.3, 0.4) is 0 Å². The second-order valence-electron chi connectivity index (χ2n) is 4.35. The molecule has 1 aliphatic heterocycles. The number of aliphatic carboxylic acids is 1. The van der Waals surface area contributed by atoms with Gasteiger partial charge in [-0.25, -0.2) is 0 Å². The average molecular weight is 219 g/mol. The zero-order valence-electron chi connectivity index (χ0n) is 9.52. The summed E-state index contributed by atoms with van der Waals surface area (Å²) >= 11 is 0.